The summed E-state index contributed by atoms with van der Waals surface area (Å²) < 4.78 is 19.4. The van der Waals surface area contributed by atoms with Gasteiger partial charge in [-0.15, -0.1) is 0 Å². The van der Waals surface area contributed by atoms with Crippen LogP contribution < -0.4 is 5.32 Å². The van der Waals surface area contributed by atoms with Gasteiger partial charge in [0.1, 0.15) is 5.82 Å². The highest BCUT2D eigenvalue weighted by molar-refractivity contribution is 5.51. The minimum Gasteiger partial charge on any atom is -0.382 e. The summed E-state index contributed by atoms with van der Waals surface area (Å²) in [6, 6.07) is 5.65. The van der Waals surface area contributed by atoms with Crippen molar-refractivity contribution in [3.8, 4) is 0 Å². The number of anilines is 1. The number of benzene rings is 1. The van der Waals surface area contributed by atoms with Crippen molar-refractivity contribution >= 4 is 5.69 Å². The third-order valence-electron chi connectivity index (χ3n) is 4.39. The molecule has 1 N–H and O–H groups in total. The van der Waals surface area contributed by atoms with Gasteiger partial charge in [-0.05, 0) is 51.2 Å². The van der Waals surface area contributed by atoms with Crippen molar-refractivity contribution in [2.75, 3.05) is 11.9 Å². The van der Waals surface area contributed by atoms with Gasteiger partial charge >= 0.3 is 0 Å². The summed E-state index contributed by atoms with van der Waals surface area (Å²) >= 11 is 0. The smallest absolute Gasteiger partial charge is 0.128 e. The Bertz CT molecular complexity index is 442. The summed E-state index contributed by atoms with van der Waals surface area (Å²) in [5.41, 5.74) is 1.78. The summed E-state index contributed by atoms with van der Waals surface area (Å²) in [6.45, 7) is 2.65. The molecule has 1 unspecified atom stereocenters. The predicted octanol–water partition coefficient (Wildman–Crippen LogP) is 3.65. The van der Waals surface area contributed by atoms with E-state index >= 15 is 0 Å². The Labute approximate surface area is 108 Å². The van der Waals surface area contributed by atoms with Crippen molar-refractivity contribution in [2.24, 2.45) is 0 Å². The molecule has 1 saturated carbocycles. The Morgan fingerprint density at radius 1 is 1.39 bits per heavy atom. The normalized spacial score (nSPS) is 25.8. The minimum atomic E-state index is -0.134. The molecule has 1 aromatic rings. The first-order valence-electron chi connectivity index (χ1n) is 6.84. The van der Waals surface area contributed by atoms with E-state index in [0.29, 0.717) is 11.6 Å². The summed E-state index contributed by atoms with van der Waals surface area (Å²) in [5, 5.41) is 3.49. The van der Waals surface area contributed by atoms with Crippen LogP contribution in [0.3, 0.4) is 0 Å². The molecule has 2 fully saturated rings. The van der Waals surface area contributed by atoms with Crippen molar-refractivity contribution in [1.29, 1.82) is 0 Å². The largest absolute Gasteiger partial charge is 0.382 e. The second kappa shape index (κ2) is 4.54. The molecule has 1 aliphatic carbocycles. The van der Waals surface area contributed by atoms with Crippen molar-refractivity contribution in [1.82, 2.24) is 0 Å². The van der Waals surface area contributed by atoms with Crippen molar-refractivity contribution < 1.29 is 9.13 Å². The van der Waals surface area contributed by atoms with Crippen molar-refractivity contribution in [3.05, 3.63) is 29.6 Å². The molecule has 0 bridgehead atoms. The topological polar surface area (TPSA) is 21.3 Å². The van der Waals surface area contributed by atoms with Crippen LogP contribution in [0.15, 0.2) is 18.2 Å². The summed E-state index contributed by atoms with van der Waals surface area (Å²) in [6.07, 6.45) is 5.73. The molecule has 18 heavy (non-hydrogen) atoms. The Morgan fingerprint density at radius 2 is 2.22 bits per heavy atom. The maximum Gasteiger partial charge on any atom is 0.128 e. The van der Waals surface area contributed by atoms with Gasteiger partial charge in [0.2, 0.25) is 0 Å². The van der Waals surface area contributed by atoms with Crippen LogP contribution in [0, 0.1) is 12.7 Å². The van der Waals surface area contributed by atoms with E-state index in [2.05, 4.69) is 5.32 Å². The molecule has 2 nitrogen and oxygen atoms in total. The molecule has 1 heterocycles. The number of hydrogen-bond acceptors (Lipinski definition) is 2. The molecule has 2 aliphatic rings. The van der Waals surface area contributed by atoms with Gasteiger partial charge in [-0.3, -0.25) is 0 Å². The van der Waals surface area contributed by atoms with Gasteiger partial charge in [0.15, 0.2) is 0 Å². The van der Waals surface area contributed by atoms with E-state index in [0.717, 1.165) is 25.1 Å². The second-order valence-electron chi connectivity index (χ2n) is 5.63. The summed E-state index contributed by atoms with van der Waals surface area (Å²) in [5.74, 6) is -0.134. The quantitative estimate of drug-likeness (QED) is 0.864. The number of ether oxygens (including phenoxy) is 1. The Morgan fingerprint density at radius 3 is 2.94 bits per heavy atom. The van der Waals surface area contributed by atoms with Gasteiger partial charge in [0.25, 0.3) is 0 Å². The molecule has 0 amide bonds. The van der Waals surface area contributed by atoms with Crippen molar-refractivity contribution in [3.63, 3.8) is 0 Å². The Balaban J connectivity index is 1.70. The molecule has 0 radical (unpaired) electrons. The molecule has 1 saturated heterocycles. The highest BCUT2D eigenvalue weighted by atomic mass is 19.1. The molecule has 98 valence electrons. The van der Waals surface area contributed by atoms with Crippen LogP contribution in [0.1, 0.15) is 37.7 Å². The molecule has 1 aromatic carbocycles. The first-order valence-corrected chi connectivity index (χ1v) is 6.84. The van der Waals surface area contributed by atoms with Gasteiger partial charge in [-0.1, -0.05) is 6.07 Å². The number of rotatable bonds is 2. The zero-order valence-corrected chi connectivity index (χ0v) is 10.8. The lowest BCUT2D eigenvalue weighted by Gasteiger charge is -2.47. The van der Waals surface area contributed by atoms with Crippen LogP contribution in [0.5, 0.6) is 0 Å². The van der Waals surface area contributed by atoms with E-state index in [-0.39, 0.29) is 11.4 Å². The molecular weight excluding hydrogens is 229 g/mol. The fourth-order valence-corrected chi connectivity index (χ4v) is 3.05. The van der Waals surface area contributed by atoms with E-state index in [4.69, 9.17) is 4.74 Å². The van der Waals surface area contributed by atoms with Gasteiger partial charge < -0.3 is 10.1 Å². The van der Waals surface area contributed by atoms with Crippen LogP contribution in [-0.4, -0.2) is 18.2 Å². The van der Waals surface area contributed by atoms with Crippen molar-refractivity contribution in [2.45, 2.75) is 50.7 Å². The Kier molecular flexibility index (Phi) is 3.02. The Hall–Kier alpha value is -1.09. The molecule has 0 aromatic heterocycles. The van der Waals surface area contributed by atoms with Crippen LogP contribution in [0.2, 0.25) is 0 Å². The lowest BCUT2D eigenvalue weighted by Crippen LogP contribution is -2.49. The first-order chi connectivity index (χ1) is 8.69. The molecular formula is C15H20FNO. The van der Waals surface area contributed by atoms with Crippen LogP contribution in [-0.2, 0) is 4.74 Å². The van der Waals surface area contributed by atoms with E-state index in [1.165, 1.54) is 25.3 Å². The molecule has 1 aliphatic heterocycles. The molecule has 3 rings (SSSR count). The van der Waals surface area contributed by atoms with Crippen LogP contribution >= 0.6 is 0 Å². The predicted molar refractivity (Wildman–Crippen MR) is 70.3 cm³/mol. The lowest BCUT2D eigenvalue weighted by molar-refractivity contribution is -0.130. The van der Waals surface area contributed by atoms with E-state index < -0.39 is 0 Å². The van der Waals surface area contributed by atoms with Gasteiger partial charge in [-0.25, -0.2) is 4.39 Å². The fraction of sp³-hybridized carbons (Fsp3) is 0.600. The molecule has 3 heteroatoms. The SMILES string of the molecule is Cc1c(F)cccc1NC1CCOC2(CCC2)C1. The third-order valence-corrected chi connectivity index (χ3v) is 4.39. The minimum absolute atomic E-state index is 0.134. The second-order valence-corrected chi connectivity index (χ2v) is 5.63. The van der Waals surface area contributed by atoms with E-state index in [1.807, 2.05) is 13.0 Å². The third kappa shape index (κ3) is 2.12. The van der Waals surface area contributed by atoms with Crippen LogP contribution in [0.25, 0.3) is 0 Å². The highest BCUT2D eigenvalue weighted by Gasteiger charge is 2.42. The van der Waals surface area contributed by atoms with E-state index in [1.54, 1.807) is 6.07 Å². The zero-order chi connectivity index (χ0) is 12.6. The molecule has 1 spiro atoms. The maximum absolute atomic E-state index is 13.5. The number of hydrogen-bond donors (Lipinski definition) is 1. The lowest BCUT2D eigenvalue weighted by atomic mass is 9.74. The molecule has 1 atom stereocenters. The number of halogens is 1. The standard InChI is InChI=1S/C15H20FNO/c1-11-13(16)4-2-5-14(11)17-12-6-9-18-15(10-12)7-3-8-15/h2,4-5,12,17H,3,6-10H2,1H3. The summed E-state index contributed by atoms with van der Waals surface area (Å²) in [4.78, 5) is 0. The maximum atomic E-state index is 13.5. The summed E-state index contributed by atoms with van der Waals surface area (Å²) in [7, 11) is 0. The first kappa shape index (κ1) is 12.0. The highest BCUT2D eigenvalue weighted by Crippen LogP contribution is 2.43. The van der Waals surface area contributed by atoms with Crippen LogP contribution in [0.4, 0.5) is 10.1 Å². The fourth-order valence-electron chi connectivity index (χ4n) is 3.05. The number of nitrogens with one attached hydrogen (secondary N) is 1. The average molecular weight is 249 g/mol. The monoisotopic (exact) mass is 249 g/mol. The van der Waals surface area contributed by atoms with Gasteiger partial charge in [0.05, 0.1) is 5.60 Å². The van der Waals surface area contributed by atoms with E-state index in [9.17, 15) is 4.39 Å². The zero-order valence-electron chi connectivity index (χ0n) is 10.8. The van der Waals surface area contributed by atoms with Gasteiger partial charge in [0, 0.05) is 23.9 Å². The van der Waals surface area contributed by atoms with Gasteiger partial charge in [-0.2, -0.15) is 0 Å². The average Bonchev–Trinajstić information content (AvgIpc) is 2.34.